The van der Waals surface area contributed by atoms with Crippen molar-refractivity contribution in [2.45, 2.75) is 18.0 Å². The summed E-state index contributed by atoms with van der Waals surface area (Å²) < 4.78 is 11.0. The Morgan fingerprint density at radius 2 is 2.31 bits per heavy atom. The molecule has 0 fully saturated rings. The molecule has 1 unspecified atom stereocenters. The Balaban J connectivity index is 2.45. The molecule has 0 spiro atoms. The molecule has 1 aromatic heterocycles. The number of hydrogen-bond acceptors (Lipinski definition) is 4. The number of hydrogen-bond donors (Lipinski definition) is 0. The molecule has 0 bridgehead atoms. The van der Waals surface area contributed by atoms with Crippen molar-refractivity contribution in [1.29, 1.82) is 0 Å². The third-order valence-electron chi connectivity index (χ3n) is 1.99. The second kappa shape index (κ2) is 3.08. The van der Waals surface area contributed by atoms with Gasteiger partial charge in [-0.25, -0.2) is 0 Å². The second-order valence-electron chi connectivity index (χ2n) is 2.89. The molecule has 13 heavy (non-hydrogen) atoms. The standard InChI is InChI=1S/C8H8N2O2S/c1-13(12)8-9-4-5-6(10-8)2-3-7(5)11/h4H,2-3H2,1H3. The maximum Gasteiger partial charge on any atom is 0.342 e. The molecule has 2 rings (SSSR count). The average molecular weight is 196 g/mol. The van der Waals surface area contributed by atoms with Gasteiger partial charge in [-0.3, -0.25) is 4.79 Å². The van der Waals surface area contributed by atoms with Gasteiger partial charge >= 0.3 is 5.16 Å². The fraction of sp³-hybridized carbons (Fsp3) is 0.375. The second-order valence-corrected chi connectivity index (χ2v) is 4.16. The van der Waals surface area contributed by atoms with Gasteiger partial charge in [0.2, 0.25) is 0 Å². The predicted molar refractivity (Wildman–Crippen MR) is 47.0 cm³/mol. The summed E-state index contributed by atoms with van der Waals surface area (Å²) in [5, 5.41) is 0.313. The third-order valence-corrected chi connectivity index (χ3v) is 2.70. The molecule has 0 N–H and O–H groups in total. The van der Waals surface area contributed by atoms with Crippen molar-refractivity contribution in [2.24, 2.45) is 0 Å². The van der Waals surface area contributed by atoms with Crippen LogP contribution in [0.4, 0.5) is 0 Å². The van der Waals surface area contributed by atoms with Gasteiger partial charge in [-0.05, 0) is 6.42 Å². The molecule has 0 saturated carbocycles. The van der Waals surface area contributed by atoms with Crippen LogP contribution in [-0.4, -0.2) is 26.6 Å². The van der Waals surface area contributed by atoms with Crippen molar-refractivity contribution >= 4 is 17.0 Å². The molecule has 68 valence electrons. The highest BCUT2D eigenvalue weighted by atomic mass is 32.2. The van der Waals surface area contributed by atoms with Crippen molar-refractivity contribution in [1.82, 2.24) is 9.97 Å². The fourth-order valence-corrected chi connectivity index (χ4v) is 1.77. The fourth-order valence-electron chi connectivity index (χ4n) is 1.33. The van der Waals surface area contributed by atoms with E-state index in [9.17, 15) is 9.35 Å². The summed E-state index contributed by atoms with van der Waals surface area (Å²) >= 11 is -1.17. The lowest BCUT2D eigenvalue weighted by Crippen LogP contribution is -2.06. The number of nitrogens with zero attached hydrogens (tertiary/aromatic N) is 2. The van der Waals surface area contributed by atoms with Crippen LogP contribution in [-0.2, 0) is 17.6 Å². The number of carbonyl (C=O) groups is 1. The maximum absolute atomic E-state index is 11.2. The Hall–Kier alpha value is -0.940. The van der Waals surface area contributed by atoms with Crippen LogP contribution in [0.1, 0.15) is 22.5 Å². The number of aromatic nitrogens is 2. The van der Waals surface area contributed by atoms with E-state index < -0.39 is 11.2 Å². The molecule has 0 aliphatic heterocycles. The molecule has 1 aromatic rings. The van der Waals surface area contributed by atoms with E-state index in [4.69, 9.17) is 0 Å². The topological polar surface area (TPSA) is 65.9 Å². The smallest absolute Gasteiger partial charge is 0.342 e. The Morgan fingerprint density at radius 3 is 3.00 bits per heavy atom. The Labute approximate surface area is 78.6 Å². The Bertz CT molecular complexity index is 365. The molecular formula is C8H8N2O2S. The van der Waals surface area contributed by atoms with Gasteiger partial charge in [-0.2, -0.15) is 9.97 Å². The molecule has 0 radical (unpaired) electrons. The quantitative estimate of drug-likeness (QED) is 0.480. The van der Waals surface area contributed by atoms with E-state index in [2.05, 4.69) is 9.97 Å². The molecule has 1 atom stereocenters. The van der Waals surface area contributed by atoms with E-state index in [0.717, 1.165) is 5.69 Å². The molecule has 4 nitrogen and oxygen atoms in total. The molecule has 0 saturated heterocycles. The summed E-state index contributed by atoms with van der Waals surface area (Å²) in [6, 6.07) is 0. The maximum atomic E-state index is 11.2. The van der Waals surface area contributed by atoms with Crippen LogP contribution >= 0.6 is 0 Å². The van der Waals surface area contributed by atoms with Crippen molar-refractivity contribution in [3.8, 4) is 0 Å². The summed E-state index contributed by atoms with van der Waals surface area (Å²) in [5.74, 6) is 0.0865. The van der Waals surface area contributed by atoms with E-state index in [1.165, 1.54) is 12.5 Å². The van der Waals surface area contributed by atoms with E-state index in [1.807, 2.05) is 0 Å². The van der Waals surface area contributed by atoms with Crippen LogP contribution in [0.15, 0.2) is 11.4 Å². The van der Waals surface area contributed by atoms with Gasteiger partial charge in [-0.15, -0.1) is 0 Å². The molecule has 0 amide bonds. The van der Waals surface area contributed by atoms with Gasteiger partial charge in [0.15, 0.2) is 5.78 Å². The normalized spacial score (nSPS) is 17.2. The van der Waals surface area contributed by atoms with Crippen LogP contribution in [0.3, 0.4) is 0 Å². The van der Waals surface area contributed by atoms with Gasteiger partial charge in [-0.1, -0.05) is 0 Å². The molecule has 1 heterocycles. The van der Waals surface area contributed by atoms with Crippen molar-refractivity contribution < 1.29 is 9.35 Å². The summed E-state index contributed by atoms with van der Waals surface area (Å²) in [5.41, 5.74) is 1.33. The van der Waals surface area contributed by atoms with Crippen LogP contribution < -0.4 is 0 Å². The van der Waals surface area contributed by atoms with Gasteiger partial charge in [0.05, 0.1) is 11.3 Å². The summed E-state index contributed by atoms with van der Waals surface area (Å²) in [6.45, 7) is 0. The molecule has 0 aromatic carbocycles. The number of Topliss-reactive ketones (excluding diaryl/α,β-unsaturated/α-hetero) is 1. The number of ketones is 1. The van der Waals surface area contributed by atoms with Crippen molar-refractivity contribution in [2.75, 3.05) is 6.26 Å². The summed E-state index contributed by atoms with van der Waals surface area (Å²) in [6.07, 6.45) is 4.16. The van der Waals surface area contributed by atoms with Gasteiger partial charge < -0.3 is 4.55 Å². The van der Waals surface area contributed by atoms with E-state index in [0.29, 0.717) is 23.6 Å². The molecule has 5 heteroatoms. The number of rotatable bonds is 1. The lowest BCUT2D eigenvalue weighted by molar-refractivity contribution is 0.0994. The van der Waals surface area contributed by atoms with Crippen molar-refractivity contribution in [3.63, 3.8) is 0 Å². The minimum atomic E-state index is -1.17. The largest absolute Gasteiger partial charge is 0.609 e. The summed E-state index contributed by atoms with van der Waals surface area (Å²) in [7, 11) is 0. The minimum Gasteiger partial charge on any atom is -0.609 e. The van der Waals surface area contributed by atoms with Gasteiger partial charge in [0.1, 0.15) is 6.26 Å². The van der Waals surface area contributed by atoms with Crippen LogP contribution in [0.25, 0.3) is 0 Å². The van der Waals surface area contributed by atoms with Crippen molar-refractivity contribution in [3.05, 3.63) is 17.5 Å². The van der Waals surface area contributed by atoms with E-state index in [-0.39, 0.29) is 5.78 Å². The Kier molecular flexibility index (Phi) is 2.05. The number of carbonyl (C=O) groups excluding carboxylic acids is 1. The highest BCUT2D eigenvalue weighted by Gasteiger charge is 2.23. The SMILES string of the molecule is C[S+]([O-])c1ncc2c(n1)CCC2=O. The van der Waals surface area contributed by atoms with Crippen LogP contribution in [0.2, 0.25) is 0 Å². The zero-order valence-electron chi connectivity index (χ0n) is 7.11. The lowest BCUT2D eigenvalue weighted by Gasteiger charge is -2.02. The zero-order valence-corrected chi connectivity index (χ0v) is 7.93. The molecule has 1 aliphatic rings. The molecular weight excluding hydrogens is 188 g/mol. The predicted octanol–water partition coefficient (Wildman–Crippen LogP) is 0.343. The highest BCUT2D eigenvalue weighted by molar-refractivity contribution is 7.90. The number of aryl methyl sites for hydroxylation is 1. The first-order valence-electron chi connectivity index (χ1n) is 3.91. The van der Waals surface area contributed by atoms with Crippen LogP contribution in [0.5, 0.6) is 0 Å². The van der Waals surface area contributed by atoms with Gasteiger partial charge in [0.25, 0.3) is 0 Å². The Morgan fingerprint density at radius 1 is 1.54 bits per heavy atom. The third kappa shape index (κ3) is 1.45. The lowest BCUT2D eigenvalue weighted by atomic mass is 10.2. The monoisotopic (exact) mass is 196 g/mol. The van der Waals surface area contributed by atoms with Gasteiger partial charge in [0, 0.05) is 23.8 Å². The van der Waals surface area contributed by atoms with E-state index >= 15 is 0 Å². The first kappa shape index (κ1) is 8.65. The van der Waals surface area contributed by atoms with Crippen LogP contribution in [0, 0.1) is 0 Å². The average Bonchev–Trinajstić information content (AvgIpc) is 2.47. The highest BCUT2D eigenvalue weighted by Crippen LogP contribution is 2.19. The summed E-state index contributed by atoms with van der Waals surface area (Å²) in [4.78, 5) is 19.1. The first-order chi connectivity index (χ1) is 6.18. The minimum absolute atomic E-state index is 0.0865. The zero-order chi connectivity index (χ0) is 9.42. The van der Waals surface area contributed by atoms with E-state index in [1.54, 1.807) is 0 Å². The molecule has 1 aliphatic carbocycles. The number of fused-ring (bicyclic) bond motifs is 1. The first-order valence-corrected chi connectivity index (χ1v) is 5.47.